The van der Waals surface area contributed by atoms with Crippen molar-refractivity contribution in [1.29, 1.82) is 0 Å². The maximum atomic E-state index is 12.7. The standard InChI is InChI=1S/C32H29NO4S/c1-2-37-30(34)17-21-3-5-22(6-4-21)19-33-32(36)29-18-28(20-38-29)25-9-7-23(8-10-25)24-11-13-26(14-12-24)31(35)27-15-16-27/h3-14,18,20,27H,2,15-17,19H2,1H3,(H,33,36). The molecule has 0 radical (unpaired) electrons. The van der Waals surface area contributed by atoms with Gasteiger partial charge in [0.1, 0.15) is 0 Å². The van der Waals surface area contributed by atoms with Gasteiger partial charge in [-0.1, -0.05) is 72.8 Å². The molecule has 1 aliphatic rings. The Morgan fingerprint density at radius 1 is 0.816 bits per heavy atom. The highest BCUT2D eigenvalue weighted by molar-refractivity contribution is 7.12. The van der Waals surface area contributed by atoms with Crippen LogP contribution >= 0.6 is 11.3 Å². The Hall–Kier alpha value is -4.03. The highest BCUT2D eigenvalue weighted by Crippen LogP contribution is 2.33. The first-order valence-corrected chi connectivity index (χ1v) is 13.7. The van der Waals surface area contributed by atoms with Crippen molar-refractivity contribution >= 4 is 29.0 Å². The quantitative estimate of drug-likeness (QED) is 0.185. The van der Waals surface area contributed by atoms with Crippen LogP contribution in [0, 0.1) is 5.92 Å². The van der Waals surface area contributed by atoms with E-state index in [0.29, 0.717) is 18.0 Å². The molecule has 0 aliphatic heterocycles. The van der Waals surface area contributed by atoms with Gasteiger partial charge in [-0.3, -0.25) is 14.4 Å². The molecule has 0 atom stereocenters. The summed E-state index contributed by atoms with van der Waals surface area (Å²) in [6, 6.07) is 25.6. The number of benzene rings is 3. The van der Waals surface area contributed by atoms with Gasteiger partial charge >= 0.3 is 5.97 Å². The maximum Gasteiger partial charge on any atom is 0.310 e. The molecule has 38 heavy (non-hydrogen) atoms. The Morgan fingerprint density at radius 2 is 1.39 bits per heavy atom. The first-order chi connectivity index (χ1) is 18.5. The molecule has 1 saturated carbocycles. The summed E-state index contributed by atoms with van der Waals surface area (Å²) < 4.78 is 4.98. The second-order valence-electron chi connectivity index (χ2n) is 9.47. The summed E-state index contributed by atoms with van der Waals surface area (Å²) in [6.07, 6.45) is 2.27. The van der Waals surface area contributed by atoms with Crippen molar-refractivity contribution in [1.82, 2.24) is 5.32 Å². The fourth-order valence-corrected chi connectivity index (χ4v) is 5.13. The minimum atomic E-state index is -0.243. The molecule has 1 heterocycles. The number of ether oxygens (including phenoxy) is 1. The van der Waals surface area contributed by atoms with Crippen LogP contribution in [-0.2, 0) is 22.5 Å². The summed E-state index contributed by atoms with van der Waals surface area (Å²) in [7, 11) is 0. The van der Waals surface area contributed by atoms with E-state index in [9.17, 15) is 14.4 Å². The van der Waals surface area contributed by atoms with Crippen molar-refractivity contribution in [2.24, 2.45) is 5.92 Å². The van der Waals surface area contributed by atoms with Crippen LogP contribution in [0.5, 0.6) is 0 Å². The Bertz CT molecular complexity index is 1430. The minimum absolute atomic E-state index is 0.116. The van der Waals surface area contributed by atoms with Crippen molar-refractivity contribution < 1.29 is 19.1 Å². The molecular weight excluding hydrogens is 494 g/mol. The number of Topliss-reactive ketones (excluding diaryl/α,β-unsaturated/α-hetero) is 1. The summed E-state index contributed by atoms with van der Waals surface area (Å²) >= 11 is 1.42. The second kappa shape index (κ2) is 11.6. The van der Waals surface area contributed by atoms with Gasteiger partial charge in [0.15, 0.2) is 5.78 Å². The zero-order valence-electron chi connectivity index (χ0n) is 21.2. The first-order valence-electron chi connectivity index (χ1n) is 12.9. The van der Waals surface area contributed by atoms with Gasteiger partial charge in [-0.15, -0.1) is 11.3 Å². The smallest absolute Gasteiger partial charge is 0.310 e. The van der Waals surface area contributed by atoms with E-state index in [1.54, 1.807) is 6.92 Å². The number of thiophene rings is 1. The normalized spacial score (nSPS) is 12.7. The molecule has 4 aromatic rings. The number of carbonyl (C=O) groups is 3. The number of esters is 1. The second-order valence-corrected chi connectivity index (χ2v) is 10.4. The first kappa shape index (κ1) is 25.6. The van der Waals surface area contributed by atoms with Crippen molar-refractivity contribution in [2.75, 3.05) is 6.61 Å². The van der Waals surface area contributed by atoms with E-state index in [2.05, 4.69) is 29.6 Å². The van der Waals surface area contributed by atoms with E-state index in [1.165, 1.54) is 11.3 Å². The van der Waals surface area contributed by atoms with Crippen LogP contribution < -0.4 is 5.32 Å². The van der Waals surface area contributed by atoms with Crippen LogP contribution in [0.1, 0.15) is 50.9 Å². The van der Waals surface area contributed by atoms with Gasteiger partial charge in [0.2, 0.25) is 0 Å². The van der Waals surface area contributed by atoms with Crippen LogP contribution in [0.15, 0.2) is 84.2 Å². The third kappa shape index (κ3) is 6.26. The third-order valence-electron chi connectivity index (χ3n) is 6.62. The number of nitrogens with one attached hydrogen (secondary N) is 1. The van der Waals surface area contributed by atoms with E-state index in [0.717, 1.165) is 51.8 Å². The molecule has 1 aliphatic carbocycles. The SMILES string of the molecule is CCOC(=O)Cc1ccc(CNC(=O)c2cc(-c3ccc(-c4ccc(C(=O)C5CC5)cc4)cc3)cs2)cc1. The maximum absolute atomic E-state index is 12.7. The Kier molecular flexibility index (Phi) is 7.80. The van der Waals surface area contributed by atoms with Crippen molar-refractivity contribution in [3.8, 4) is 22.3 Å². The van der Waals surface area contributed by atoms with Gasteiger partial charge in [-0.25, -0.2) is 0 Å². The average Bonchev–Trinajstić information content (AvgIpc) is 3.68. The average molecular weight is 524 g/mol. The molecule has 0 unspecified atom stereocenters. The van der Waals surface area contributed by atoms with Crippen molar-refractivity contribution in [3.05, 3.63) is 106 Å². The highest BCUT2D eigenvalue weighted by Gasteiger charge is 2.30. The lowest BCUT2D eigenvalue weighted by atomic mass is 9.99. The Balaban J connectivity index is 1.16. The van der Waals surface area contributed by atoms with Gasteiger partial charge in [0.25, 0.3) is 5.91 Å². The van der Waals surface area contributed by atoms with Gasteiger partial charge in [-0.05, 0) is 64.6 Å². The highest BCUT2D eigenvalue weighted by atomic mass is 32.1. The molecule has 0 bridgehead atoms. The predicted octanol–water partition coefficient (Wildman–Crippen LogP) is 6.71. The molecule has 192 valence electrons. The van der Waals surface area contributed by atoms with Crippen molar-refractivity contribution in [3.63, 3.8) is 0 Å². The van der Waals surface area contributed by atoms with E-state index in [1.807, 2.05) is 60.0 Å². The van der Waals surface area contributed by atoms with Crippen molar-refractivity contribution in [2.45, 2.75) is 32.7 Å². The lowest BCUT2D eigenvalue weighted by Crippen LogP contribution is -2.21. The van der Waals surface area contributed by atoms with Crippen LogP contribution in [0.25, 0.3) is 22.3 Å². The molecule has 5 nitrogen and oxygen atoms in total. The summed E-state index contributed by atoms with van der Waals surface area (Å²) in [5.74, 6) is 0.128. The van der Waals surface area contributed by atoms with Crippen LogP contribution in [0.2, 0.25) is 0 Å². The Labute approximate surface area is 226 Å². The molecule has 0 saturated heterocycles. The van der Waals surface area contributed by atoms with Crippen LogP contribution in [0.4, 0.5) is 0 Å². The van der Waals surface area contributed by atoms with Gasteiger partial charge in [-0.2, -0.15) is 0 Å². The molecule has 1 amide bonds. The summed E-state index contributed by atoms with van der Waals surface area (Å²) in [5, 5.41) is 4.96. The number of amides is 1. The summed E-state index contributed by atoms with van der Waals surface area (Å²) in [6.45, 7) is 2.57. The molecule has 6 heteroatoms. The number of carbonyl (C=O) groups excluding carboxylic acids is 3. The Morgan fingerprint density at radius 3 is 2.00 bits per heavy atom. The molecule has 5 rings (SSSR count). The van der Waals surface area contributed by atoms with E-state index in [-0.39, 0.29) is 30.0 Å². The molecular formula is C32H29NO4S. The lowest BCUT2D eigenvalue weighted by Gasteiger charge is -2.06. The summed E-state index contributed by atoms with van der Waals surface area (Å²) in [5.41, 5.74) is 6.84. The fraction of sp³-hybridized carbons (Fsp3) is 0.219. The fourth-order valence-electron chi connectivity index (χ4n) is 4.29. The lowest BCUT2D eigenvalue weighted by molar-refractivity contribution is -0.142. The van der Waals surface area contributed by atoms with Gasteiger partial charge in [0.05, 0.1) is 17.9 Å². The third-order valence-corrected chi connectivity index (χ3v) is 7.55. The number of hydrogen-bond donors (Lipinski definition) is 1. The molecule has 1 fully saturated rings. The van der Waals surface area contributed by atoms with Crippen LogP contribution in [0.3, 0.4) is 0 Å². The topological polar surface area (TPSA) is 72.5 Å². The zero-order valence-corrected chi connectivity index (χ0v) is 22.1. The van der Waals surface area contributed by atoms with E-state index >= 15 is 0 Å². The van der Waals surface area contributed by atoms with E-state index in [4.69, 9.17) is 4.74 Å². The van der Waals surface area contributed by atoms with Gasteiger partial charge in [0, 0.05) is 18.0 Å². The molecule has 1 aromatic heterocycles. The number of ketones is 1. The monoisotopic (exact) mass is 523 g/mol. The number of rotatable bonds is 10. The molecule has 1 N–H and O–H groups in total. The largest absolute Gasteiger partial charge is 0.466 e. The van der Waals surface area contributed by atoms with Crippen LogP contribution in [-0.4, -0.2) is 24.3 Å². The van der Waals surface area contributed by atoms with Gasteiger partial charge < -0.3 is 10.1 Å². The summed E-state index contributed by atoms with van der Waals surface area (Å²) in [4.78, 5) is 37.2. The minimum Gasteiger partial charge on any atom is -0.466 e. The molecule has 0 spiro atoms. The van der Waals surface area contributed by atoms with E-state index < -0.39 is 0 Å². The molecule has 3 aromatic carbocycles. The zero-order chi connectivity index (χ0) is 26.5. The predicted molar refractivity (Wildman–Crippen MR) is 150 cm³/mol. The number of hydrogen-bond acceptors (Lipinski definition) is 5.